The number of anilines is 4. The lowest BCUT2D eigenvalue weighted by molar-refractivity contribution is -0.123. The second-order valence-electron chi connectivity index (χ2n) is 8.45. The first-order valence-corrected chi connectivity index (χ1v) is 11.1. The van der Waals surface area contributed by atoms with Crippen LogP contribution in [0.1, 0.15) is 24.0 Å². The number of aryl methyl sites for hydroxylation is 2. The highest BCUT2D eigenvalue weighted by atomic mass is 35.5. The standard InChI is InChI=1S/C24H26ClN5O/c1-16-4-3-5-20(12-16)29-10-8-17(9-11-29)24(31)30-15-18-14-26-28(2)23(18)27-21-13-19(25)6-7-22(21)30/h3-7,12-14,17,27H,8-11,15H2,1-2H3. The highest BCUT2D eigenvalue weighted by Gasteiger charge is 2.33. The molecule has 1 amide bonds. The average Bonchev–Trinajstić information content (AvgIpc) is 3.02. The van der Waals surface area contributed by atoms with Gasteiger partial charge in [-0.3, -0.25) is 9.48 Å². The Kier molecular flexibility index (Phi) is 5.10. The average molecular weight is 436 g/mol. The highest BCUT2D eigenvalue weighted by Crippen LogP contribution is 2.38. The molecule has 2 aromatic carbocycles. The van der Waals surface area contributed by atoms with Gasteiger partial charge in [0.15, 0.2) is 0 Å². The van der Waals surface area contributed by atoms with E-state index in [4.69, 9.17) is 11.6 Å². The van der Waals surface area contributed by atoms with Gasteiger partial charge in [0.1, 0.15) is 5.82 Å². The molecule has 0 aliphatic carbocycles. The summed E-state index contributed by atoms with van der Waals surface area (Å²) in [6.45, 7) is 4.39. The third-order valence-electron chi connectivity index (χ3n) is 6.32. The molecule has 3 aromatic rings. The number of carbonyl (C=O) groups is 1. The number of nitrogens with one attached hydrogen (secondary N) is 1. The third-order valence-corrected chi connectivity index (χ3v) is 6.56. The van der Waals surface area contributed by atoms with E-state index in [1.165, 1.54) is 11.3 Å². The van der Waals surface area contributed by atoms with E-state index in [0.717, 1.165) is 48.7 Å². The Morgan fingerprint density at radius 3 is 2.74 bits per heavy atom. The van der Waals surface area contributed by atoms with Crippen LogP contribution in [0, 0.1) is 12.8 Å². The fraction of sp³-hybridized carbons (Fsp3) is 0.333. The fourth-order valence-electron chi connectivity index (χ4n) is 4.61. The van der Waals surface area contributed by atoms with E-state index < -0.39 is 0 Å². The van der Waals surface area contributed by atoms with Gasteiger partial charge < -0.3 is 15.1 Å². The van der Waals surface area contributed by atoms with Crippen LogP contribution in [0.25, 0.3) is 0 Å². The second kappa shape index (κ2) is 7.93. The number of aromatic nitrogens is 2. The summed E-state index contributed by atoms with van der Waals surface area (Å²) in [4.78, 5) is 18.0. The van der Waals surface area contributed by atoms with Gasteiger partial charge in [-0.15, -0.1) is 0 Å². The molecule has 2 aliphatic heterocycles. The molecule has 0 saturated carbocycles. The van der Waals surface area contributed by atoms with Crippen molar-refractivity contribution in [3.8, 4) is 0 Å². The molecular weight excluding hydrogens is 410 g/mol. The minimum absolute atomic E-state index is 0.00260. The van der Waals surface area contributed by atoms with Crippen molar-refractivity contribution < 1.29 is 4.79 Å². The molecule has 5 rings (SSSR count). The Bertz CT molecular complexity index is 1130. The van der Waals surface area contributed by atoms with E-state index in [1.807, 2.05) is 36.3 Å². The molecule has 0 bridgehead atoms. The largest absolute Gasteiger partial charge is 0.371 e. The van der Waals surface area contributed by atoms with Crippen molar-refractivity contribution in [2.45, 2.75) is 26.3 Å². The lowest BCUT2D eigenvalue weighted by Gasteiger charge is -2.35. The Hall–Kier alpha value is -2.99. The summed E-state index contributed by atoms with van der Waals surface area (Å²) >= 11 is 6.26. The van der Waals surface area contributed by atoms with Gasteiger partial charge in [-0.05, 0) is 55.7 Å². The zero-order valence-electron chi connectivity index (χ0n) is 17.8. The molecule has 0 unspecified atom stereocenters. The van der Waals surface area contributed by atoms with Crippen molar-refractivity contribution in [2.24, 2.45) is 13.0 Å². The van der Waals surface area contributed by atoms with E-state index in [9.17, 15) is 4.79 Å². The molecule has 1 N–H and O–H groups in total. The highest BCUT2D eigenvalue weighted by molar-refractivity contribution is 6.31. The van der Waals surface area contributed by atoms with E-state index in [2.05, 4.69) is 46.5 Å². The van der Waals surface area contributed by atoms with Crippen LogP contribution in [0.2, 0.25) is 5.02 Å². The first kappa shape index (κ1) is 19.9. The summed E-state index contributed by atoms with van der Waals surface area (Å²) in [7, 11) is 1.90. The number of nitrogens with zero attached hydrogens (tertiary/aromatic N) is 4. The number of rotatable bonds is 2. The second-order valence-corrected chi connectivity index (χ2v) is 8.89. The van der Waals surface area contributed by atoms with Crippen molar-refractivity contribution >= 4 is 40.4 Å². The van der Waals surface area contributed by atoms with Crippen molar-refractivity contribution in [1.29, 1.82) is 0 Å². The van der Waals surface area contributed by atoms with Gasteiger partial charge in [-0.25, -0.2) is 0 Å². The monoisotopic (exact) mass is 435 g/mol. The molecule has 0 atom stereocenters. The zero-order chi connectivity index (χ0) is 21.5. The zero-order valence-corrected chi connectivity index (χ0v) is 18.6. The first-order chi connectivity index (χ1) is 15.0. The summed E-state index contributed by atoms with van der Waals surface area (Å²) < 4.78 is 1.80. The predicted molar refractivity (Wildman–Crippen MR) is 125 cm³/mol. The van der Waals surface area contributed by atoms with Gasteiger partial charge in [0.05, 0.1) is 24.1 Å². The number of halogens is 1. The fourth-order valence-corrected chi connectivity index (χ4v) is 4.79. The van der Waals surface area contributed by atoms with Crippen molar-refractivity contribution in [2.75, 3.05) is 28.2 Å². The number of hydrogen-bond acceptors (Lipinski definition) is 4. The van der Waals surface area contributed by atoms with E-state index >= 15 is 0 Å². The summed E-state index contributed by atoms with van der Waals surface area (Å²) in [6, 6.07) is 14.2. The molecule has 1 saturated heterocycles. The van der Waals surface area contributed by atoms with Crippen LogP contribution in [0.3, 0.4) is 0 Å². The van der Waals surface area contributed by atoms with Crippen LogP contribution in [0.15, 0.2) is 48.7 Å². The molecule has 3 heterocycles. The summed E-state index contributed by atoms with van der Waals surface area (Å²) in [6.07, 6.45) is 3.52. The van der Waals surface area contributed by atoms with E-state index in [1.54, 1.807) is 4.68 Å². The maximum absolute atomic E-state index is 13.7. The van der Waals surface area contributed by atoms with E-state index in [-0.39, 0.29) is 11.8 Å². The molecule has 1 aromatic heterocycles. The topological polar surface area (TPSA) is 53.4 Å². The molecule has 2 aliphatic rings. The number of benzene rings is 2. The minimum Gasteiger partial charge on any atom is -0.371 e. The number of amides is 1. The SMILES string of the molecule is Cc1cccc(N2CCC(C(=O)N3Cc4cnn(C)c4Nc4cc(Cl)ccc43)CC2)c1. The molecular formula is C24H26ClN5O. The molecule has 6 nitrogen and oxygen atoms in total. The van der Waals surface area contributed by atoms with Crippen LogP contribution >= 0.6 is 11.6 Å². The quantitative estimate of drug-likeness (QED) is 0.622. The van der Waals surface area contributed by atoms with Crippen LogP contribution in [-0.4, -0.2) is 28.8 Å². The lowest BCUT2D eigenvalue weighted by atomic mass is 9.94. The summed E-state index contributed by atoms with van der Waals surface area (Å²) in [5.74, 6) is 1.07. The smallest absolute Gasteiger partial charge is 0.230 e. The van der Waals surface area contributed by atoms with Crippen LogP contribution < -0.4 is 15.1 Å². The van der Waals surface area contributed by atoms with Crippen LogP contribution in [0.4, 0.5) is 22.9 Å². The lowest BCUT2D eigenvalue weighted by Crippen LogP contribution is -2.42. The van der Waals surface area contributed by atoms with Gasteiger partial charge in [-0.2, -0.15) is 5.10 Å². The van der Waals surface area contributed by atoms with Gasteiger partial charge in [0.25, 0.3) is 0 Å². The maximum atomic E-state index is 13.7. The normalized spacial score (nSPS) is 16.4. The number of carbonyl (C=O) groups excluding carboxylic acids is 1. The Labute approximate surface area is 187 Å². The Morgan fingerprint density at radius 2 is 1.97 bits per heavy atom. The molecule has 0 spiro atoms. The Morgan fingerprint density at radius 1 is 1.16 bits per heavy atom. The number of hydrogen-bond donors (Lipinski definition) is 1. The maximum Gasteiger partial charge on any atom is 0.230 e. The summed E-state index contributed by atoms with van der Waals surface area (Å²) in [5.41, 5.74) is 5.20. The molecule has 1 fully saturated rings. The van der Waals surface area contributed by atoms with Crippen molar-refractivity contribution in [1.82, 2.24) is 9.78 Å². The van der Waals surface area contributed by atoms with Gasteiger partial charge in [-0.1, -0.05) is 23.7 Å². The minimum atomic E-state index is 0.00260. The Balaban J connectivity index is 1.39. The van der Waals surface area contributed by atoms with Gasteiger partial charge in [0, 0.05) is 42.3 Å². The van der Waals surface area contributed by atoms with Crippen molar-refractivity contribution in [3.63, 3.8) is 0 Å². The molecule has 7 heteroatoms. The summed E-state index contributed by atoms with van der Waals surface area (Å²) in [5, 5.41) is 8.43. The first-order valence-electron chi connectivity index (χ1n) is 10.7. The van der Waals surface area contributed by atoms with Crippen molar-refractivity contribution in [3.05, 3.63) is 64.8 Å². The van der Waals surface area contributed by atoms with Crippen LogP contribution in [-0.2, 0) is 18.4 Å². The number of fused-ring (bicyclic) bond motifs is 2. The number of piperidine rings is 1. The van der Waals surface area contributed by atoms with E-state index in [0.29, 0.717) is 11.6 Å². The molecule has 31 heavy (non-hydrogen) atoms. The van der Waals surface area contributed by atoms with Gasteiger partial charge >= 0.3 is 0 Å². The van der Waals surface area contributed by atoms with Crippen LogP contribution in [0.5, 0.6) is 0 Å². The third kappa shape index (κ3) is 3.76. The van der Waals surface area contributed by atoms with Gasteiger partial charge in [0.2, 0.25) is 5.91 Å². The molecule has 0 radical (unpaired) electrons. The predicted octanol–water partition coefficient (Wildman–Crippen LogP) is 4.89. The molecule has 160 valence electrons.